The van der Waals surface area contributed by atoms with Crippen LogP contribution in [-0.2, 0) is 19.6 Å². The van der Waals surface area contributed by atoms with Crippen molar-refractivity contribution in [1.82, 2.24) is 4.72 Å². The highest BCUT2D eigenvalue weighted by Crippen LogP contribution is 2.28. The van der Waals surface area contributed by atoms with E-state index in [9.17, 15) is 13.2 Å². The third-order valence-electron chi connectivity index (χ3n) is 5.52. The third kappa shape index (κ3) is 5.52. The molecule has 0 bridgehead atoms. The summed E-state index contributed by atoms with van der Waals surface area (Å²) >= 11 is 0. The maximum atomic E-state index is 13.0. The number of sulfonamides is 1. The second-order valence-corrected chi connectivity index (χ2v) is 9.46. The molecule has 164 valence electrons. The fourth-order valence-corrected chi connectivity index (χ4v) is 5.21. The van der Waals surface area contributed by atoms with Gasteiger partial charge in [0.25, 0.3) is 0 Å². The van der Waals surface area contributed by atoms with Gasteiger partial charge in [-0.2, -0.15) is 0 Å². The van der Waals surface area contributed by atoms with Crippen LogP contribution in [0.15, 0.2) is 41.3 Å². The molecule has 0 radical (unpaired) electrons. The van der Waals surface area contributed by atoms with Gasteiger partial charge in [-0.1, -0.05) is 38.3 Å². The lowest BCUT2D eigenvalue weighted by Gasteiger charge is -2.30. The van der Waals surface area contributed by atoms with Gasteiger partial charge in [0.15, 0.2) is 0 Å². The number of hydrogen-bond acceptors (Lipinski definition) is 5. The average molecular weight is 434 g/mol. The van der Waals surface area contributed by atoms with E-state index in [4.69, 9.17) is 9.47 Å². The molecule has 0 aromatic heterocycles. The lowest BCUT2D eigenvalue weighted by atomic mass is 9.85. The molecule has 0 heterocycles. The highest BCUT2D eigenvalue weighted by atomic mass is 32.2. The van der Waals surface area contributed by atoms with Gasteiger partial charge in [0, 0.05) is 6.04 Å². The summed E-state index contributed by atoms with van der Waals surface area (Å²) in [4.78, 5) is 12.5. The number of rotatable bonds is 9. The Labute approximate surface area is 179 Å². The van der Waals surface area contributed by atoms with E-state index in [1.54, 1.807) is 25.1 Å². The number of unbranched alkanes of at least 4 members (excludes halogenated alkanes) is 1. The van der Waals surface area contributed by atoms with Crippen molar-refractivity contribution in [3.05, 3.63) is 36.4 Å². The fraction of sp³-hybridized carbons (Fsp3) is 0.522. The van der Waals surface area contributed by atoms with Crippen LogP contribution in [0.1, 0.15) is 52.4 Å². The Balaban J connectivity index is 1.77. The minimum Gasteiger partial charge on any atom is -0.494 e. The smallest absolute Gasteiger partial charge is 0.310 e. The minimum absolute atomic E-state index is 0.197. The molecular weight excluding hydrogens is 402 g/mol. The predicted octanol–water partition coefficient (Wildman–Crippen LogP) is 4.42. The van der Waals surface area contributed by atoms with Crippen LogP contribution in [0.4, 0.5) is 0 Å². The van der Waals surface area contributed by atoms with E-state index < -0.39 is 22.0 Å². The van der Waals surface area contributed by atoms with E-state index in [2.05, 4.69) is 11.6 Å². The van der Waals surface area contributed by atoms with Crippen LogP contribution in [0, 0.1) is 5.92 Å². The summed E-state index contributed by atoms with van der Waals surface area (Å²) in [5, 5.41) is 1.75. The quantitative estimate of drug-likeness (QED) is 0.468. The molecule has 2 aromatic carbocycles. The normalized spacial score (nSPS) is 19.5. The molecule has 0 spiro atoms. The van der Waals surface area contributed by atoms with Crippen molar-refractivity contribution in [3.8, 4) is 5.75 Å². The van der Waals surface area contributed by atoms with Gasteiger partial charge in [-0.25, -0.2) is 13.1 Å². The topological polar surface area (TPSA) is 81.7 Å². The first-order valence-electron chi connectivity index (χ1n) is 10.8. The van der Waals surface area contributed by atoms with E-state index >= 15 is 0 Å². The zero-order valence-corrected chi connectivity index (χ0v) is 18.5. The molecule has 6 nitrogen and oxygen atoms in total. The summed E-state index contributed by atoms with van der Waals surface area (Å²) < 4.78 is 39.7. The summed E-state index contributed by atoms with van der Waals surface area (Å²) in [5.74, 6) is 0.0277. The molecule has 0 unspecified atom stereocenters. The van der Waals surface area contributed by atoms with E-state index in [1.165, 1.54) is 0 Å². The summed E-state index contributed by atoms with van der Waals surface area (Å²) in [6, 6.07) is 10.3. The number of ether oxygens (including phenoxy) is 2. The molecule has 0 aliphatic heterocycles. The van der Waals surface area contributed by atoms with Crippen molar-refractivity contribution >= 4 is 26.8 Å². The Hall–Kier alpha value is -2.12. The molecule has 1 fully saturated rings. The fourth-order valence-electron chi connectivity index (χ4n) is 3.86. The third-order valence-corrected chi connectivity index (χ3v) is 7.01. The molecule has 1 N–H and O–H groups in total. The van der Waals surface area contributed by atoms with Crippen molar-refractivity contribution < 1.29 is 22.7 Å². The van der Waals surface area contributed by atoms with Gasteiger partial charge >= 0.3 is 5.97 Å². The standard InChI is InChI=1S/C23H31NO5S/c1-3-5-14-29-19-12-10-18-16-20(13-11-17(18)15-19)30(26,27)24-22-9-7-6-8-21(22)23(25)28-4-2/h10-13,15-16,21-22,24H,3-9,14H2,1-2H3/t21-,22-/m1/s1. The van der Waals surface area contributed by atoms with Crippen LogP contribution < -0.4 is 9.46 Å². The molecule has 2 aromatic rings. The van der Waals surface area contributed by atoms with Crippen LogP contribution in [0.25, 0.3) is 10.8 Å². The lowest BCUT2D eigenvalue weighted by Crippen LogP contribution is -2.45. The Morgan fingerprint density at radius 1 is 1.07 bits per heavy atom. The summed E-state index contributed by atoms with van der Waals surface area (Å²) in [5.41, 5.74) is 0. The lowest BCUT2D eigenvalue weighted by molar-refractivity contribution is -0.149. The van der Waals surface area contributed by atoms with Gasteiger partial charge in [-0.15, -0.1) is 0 Å². The van der Waals surface area contributed by atoms with E-state index in [0.717, 1.165) is 42.2 Å². The van der Waals surface area contributed by atoms with E-state index in [0.29, 0.717) is 26.1 Å². The van der Waals surface area contributed by atoms with Crippen LogP contribution in [0.2, 0.25) is 0 Å². The van der Waals surface area contributed by atoms with Gasteiger partial charge in [0.05, 0.1) is 24.0 Å². The van der Waals surface area contributed by atoms with Gasteiger partial charge in [-0.3, -0.25) is 4.79 Å². The highest BCUT2D eigenvalue weighted by molar-refractivity contribution is 7.89. The highest BCUT2D eigenvalue weighted by Gasteiger charge is 2.35. The van der Waals surface area contributed by atoms with Gasteiger partial charge in [0.1, 0.15) is 5.75 Å². The number of carbonyl (C=O) groups is 1. The SMILES string of the molecule is CCCCOc1ccc2cc(S(=O)(=O)N[C@@H]3CCCC[C@H]3C(=O)OCC)ccc2c1. The van der Waals surface area contributed by atoms with E-state index in [-0.39, 0.29) is 10.9 Å². The van der Waals surface area contributed by atoms with E-state index in [1.807, 2.05) is 18.2 Å². The molecule has 30 heavy (non-hydrogen) atoms. The minimum atomic E-state index is -3.75. The first-order chi connectivity index (χ1) is 14.4. The van der Waals surface area contributed by atoms with Crippen molar-refractivity contribution in [2.24, 2.45) is 5.92 Å². The van der Waals surface area contributed by atoms with Crippen molar-refractivity contribution in [1.29, 1.82) is 0 Å². The molecule has 0 saturated heterocycles. The molecule has 7 heteroatoms. The second kappa shape index (κ2) is 10.3. The molecule has 3 rings (SSSR count). The maximum absolute atomic E-state index is 13.0. The van der Waals surface area contributed by atoms with Crippen LogP contribution >= 0.6 is 0 Å². The largest absolute Gasteiger partial charge is 0.494 e. The van der Waals surface area contributed by atoms with Crippen LogP contribution in [0.5, 0.6) is 5.75 Å². The molecular formula is C23H31NO5S. The number of nitrogens with one attached hydrogen (secondary N) is 1. The molecule has 1 aliphatic carbocycles. The van der Waals surface area contributed by atoms with Crippen molar-refractivity contribution in [2.45, 2.75) is 63.3 Å². The van der Waals surface area contributed by atoms with Crippen LogP contribution in [-0.4, -0.2) is 33.6 Å². The van der Waals surface area contributed by atoms with Crippen molar-refractivity contribution in [2.75, 3.05) is 13.2 Å². The molecule has 0 amide bonds. The monoisotopic (exact) mass is 433 g/mol. The van der Waals surface area contributed by atoms with Gasteiger partial charge in [0.2, 0.25) is 10.0 Å². The molecule has 1 aliphatic rings. The first-order valence-corrected chi connectivity index (χ1v) is 12.3. The molecule has 2 atom stereocenters. The number of fused-ring (bicyclic) bond motifs is 1. The van der Waals surface area contributed by atoms with Gasteiger partial charge in [-0.05, 0) is 61.2 Å². The Morgan fingerprint density at radius 2 is 1.80 bits per heavy atom. The summed E-state index contributed by atoms with van der Waals surface area (Å²) in [7, 11) is -3.75. The van der Waals surface area contributed by atoms with Crippen molar-refractivity contribution in [3.63, 3.8) is 0 Å². The second-order valence-electron chi connectivity index (χ2n) is 7.74. The number of carbonyl (C=O) groups excluding carboxylic acids is 1. The first kappa shape index (κ1) is 22.6. The number of benzene rings is 2. The maximum Gasteiger partial charge on any atom is 0.310 e. The summed E-state index contributed by atoms with van der Waals surface area (Å²) in [6.07, 6.45) is 5.13. The van der Waals surface area contributed by atoms with Crippen LogP contribution in [0.3, 0.4) is 0 Å². The predicted molar refractivity (Wildman–Crippen MR) is 117 cm³/mol. The Bertz CT molecular complexity index is 973. The molecule has 1 saturated carbocycles. The Kier molecular flexibility index (Phi) is 7.72. The Morgan fingerprint density at radius 3 is 2.57 bits per heavy atom. The summed E-state index contributed by atoms with van der Waals surface area (Å²) in [6.45, 7) is 4.84. The number of hydrogen-bond donors (Lipinski definition) is 1. The number of esters is 1. The zero-order chi connectivity index (χ0) is 21.6. The zero-order valence-electron chi connectivity index (χ0n) is 17.7. The van der Waals surface area contributed by atoms with Gasteiger partial charge < -0.3 is 9.47 Å². The average Bonchev–Trinajstić information content (AvgIpc) is 2.74.